The molecule has 1 aromatic rings. The molecule has 1 heterocycles. The fourth-order valence-electron chi connectivity index (χ4n) is 4.23. The Balaban J connectivity index is 2.08. The average molecular weight is 530 g/mol. The molecule has 1 aliphatic rings. The number of amides is 1. The molecule has 0 saturated heterocycles. The zero-order chi connectivity index (χ0) is 28.4. The minimum atomic E-state index is -1.34. The van der Waals surface area contributed by atoms with Crippen LogP contribution >= 0.6 is 0 Å². The normalized spacial score (nSPS) is 14.2. The Morgan fingerprint density at radius 2 is 1.66 bits per heavy atom. The number of aliphatic carboxylic acids is 2. The number of rotatable bonds is 15. The van der Waals surface area contributed by atoms with Gasteiger partial charge >= 0.3 is 11.9 Å². The second-order valence-electron chi connectivity index (χ2n) is 9.77. The van der Waals surface area contributed by atoms with Crippen LogP contribution in [-0.2, 0) is 16.1 Å². The first-order valence-corrected chi connectivity index (χ1v) is 12.7. The van der Waals surface area contributed by atoms with Crippen molar-refractivity contribution in [2.75, 3.05) is 13.7 Å². The summed E-state index contributed by atoms with van der Waals surface area (Å²) in [5, 5.41) is 29.4. The third-order valence-electron chi connectivity index (χ3n) is 6.44. The van der Waals surface area contributed by atoms with Gasteiger partial charge in [0.2, 0.25) is 5.75 Å². The first-order chi connectivity index (χ1) is 18.0. The fourth-order valence-corrected chi connectivity index (χ4v) is 4.23. The Morgan fingerprint density at radius 3 is 2.24 bits per heavy atom. The summed E-state index contributed by atoms with van der Waals surface area (Å²) in [6.07, 6.45) is 9.62. The van der Waals surface area contributed by atoms with E-state index in [1.54, 1.807) is 0 Å². The zero-order valence-electron chi connectivity index (χ0n) is 22.9. The highest BCUT2D eigenvalue weighted by Gasteiger charge is 2.39. The van der Waals surface area contributed by atoms with E-state index >= 15 is 0 Å². The number of fused-ring (bicyclic) bond motifs is 1. The number of phenolic OH excluding ortho intramolecular Hbond substituents is 1. The van der Waals surface area contributed by atoms with Gasteiger partial charge in [0.1, 0.15) is 12.6 Å². The van der Waals surface area contributed by atoms with E-state index in [4.69, 9.17) is 14.6 Å². The van der Waals surface area contributed by atoms with Crippen LogP contribution in [0.15, 0.2) is 41.0 Å². The van der Waals surface area contributed by atoms with E-state index in [1.165, 1.54) is 24.3 Å². The number of benzene rings is 1. The van der Waals surface area contributed by atoms with Crippen LogP contribution in [-0.4, -0.2) is 57.8 Å². The van der Waals surface area contributed by atoms with E-state index in [2.05, 4.69) is 32.9 Å². The number of nitrogens with zero attached hydrogens (tertiary/aromatic N) is 1. The molecule has 1 aliphatic heterocycles. The smallest absolute Gasteiger partial charge is 0.326 e. The molecule has 1 unspecified atom stereocenters. The van der Waals surface area contributed by atoms with E-state index in [-0.39, 0.29) is 47.9 Å². The molecule has 208 valence electrons. The van der Waals surface area contributed by atoms with Crippen LogP contribution in [0.1, 0.15) is 82.1 Å². The first kappa shape index (κ1) is 30.5. The molecule has 1 atom stereocenters. The third-order valence-corrected chi connectivity index (χ3v) is 6.44. The number of ether oxygens (including phenoxy) is 2. The average Bonchev–Trinajstić information content (AvgIpc) is 3.16. The second kappa shape index (κ2) is 14.3. The molecule has 0 aliphatic carbocycles. The minimum absolute atomic E-state index is 0.0670. The van der Waals surface area contributed by atoms with Gasteiger partial charge in [-0.3, -0.25) is 9.59 Å². The van der Waals surface area contributed by atoms with Crippen LogP contribution in [0.4, 0.5) is 0 Å². The number of hydrogen-bond acceptors (Lipinski definition) is 6. The van der Waals surface area contributed by atoms with Crippen LogP contribution in [0.25, 0.3) is 0 Å². The number of methoxy groups -OCH3 is 1. The number of carboxylic acid groups (broad SMARTS) is 2. The summed E-state index contributed by atoms with van der Waals surface area (Å²) >= 11 is 0. The van der Waals surface area contributed by atoms with Gasteiger partial charge in [-0.05, 0) is 71.9 Å². The maximum absolute atomic E-state index is 12.9. The van der Waals surface area contributed by atoms with E-state index in [9.17, 15) is 24.6 Å². The molecule has 1 aromatic carbocycles. The molecule has 0 bridgehead atoms. The molecule has 3 N–H and O–H groups in total. The lowest BCUT2D eigenvalue weighted by Gasteiger charge is -2.23. The van der Waals surface area contributed by atoms with Gasteiger partial charge in [-0.15, -0.1) is 0 Å². The largest absolute Gasteiger partial charge is 0.504 e. The Kier molecular flexibility index (Phi) is 11.4. The summed E-state index contributed by atoms with van der Waals surface area (Å²) in [4.78, 5) is 36.7. The molecule has 38 heavy (non-hydrogen) atoms. The molecule has 0 fully saturated rings. The zero-order valence-corrected chi connectivity index (χ0v) is 22.9. The Morgan fingerprint density at radius 1 is 1.03 bits per heavy atom. The van der Waals surface area contributed by atoms with Crippen molar-refractivity contribution in [3.05, 3.63) is 52.1 Å². The lowest BCUT2D eigenvalue weighted by molar-refractivity contribution is -0.143. The van der Waals surface area contributed by atoms with E-state index in [0.717, 1.165) is 36.2 Å². The lowest BCUT2D eigenvalue weighted by Crippen LogP contribution is -2.41. The Bertz CT molecular complexity index is 1130. The number of aromatic hydroxyl groups is 1. The van der Waals surface area contributed by atoms with Crippen LogP contribution in [0.5, 0.6) is 17.2 Å². The highest BCUT2D eigenvalue weighted by Crippen LogP contribution is 2.45. The molecule has 0 spiro atoms. The maximum Gasteiger partial charge on any atom is 0.326 e. The molecular formula is C29H39NO8. The fraction of sp³-hybridized carbons (Fsp3) is 0.483. The van der Waals surface area contributed by atoms with Gasteiger partial charge in [0.05, 0.1) is 19.2 Å². The first-order valence-electron chi connectivity index (χ1n) is 12.7. The van der Waals surface area contributed by atoms with Gasteiger partial charge in [0.25, 0.3) is 5.91 Å². The molecule has 0 saturated carbocycles. The molecule has 0 aromatic heterocycles. The number of carboxylic acids is 2. The van der Waals surface area contributed by atoms with Crippen molar-refractivity contribution in [3.8, 4) is 17.2 Å². The van der Waals surface area contributed by atoms with Crippen LogP contribution in [0.2, 0.25) is 0 Å². The van der Waals surface area contributed by atoms with Crippen molar-refractivity contribution in [2.45, 2.75) is 78.8 Å². The van der Waals surface area contributed by atoms with Gasteiger partial charge < -0.3 is 29.7 Å². The van der Waals surface area contributed by atoms with E-state index in [1.807, 2.05) is 13.0 Å². The second-order valence-corrected chi connectivity index (χ2v) is 9.77. The molecule has 1 amide bonds. The van der Waals surface area contributed by atoms with Gasteiger partial charge in [-0.2, -0.15) is 0 Å². The predicted octanol–water partition coefficient (Wildman–Crippen LogP) is 5.47. The summed E-state index contributed by atoms with van der Waals surface area (Å²) in [6, 6.07) is 0.0820. The van der Waals surface area contributed by atoms with Gasteiger partial charge in [-0.1, -0.05) is 28.9 Å². The number of hydrogen-bond donors (Lipinski definition) is 3. The maximum atomic E-state index is 12.9. The highest BCUT2D eigenvalue weighted by molar-refractivity contribution is 6.02. The van der Waals surface area contributed by atoms with Gasteiger partial charge in [-0.25, -0.2) is 4.79 Å². The summed E-state index contributed by atoms with van der Waals surface area (Å²) < 4.78 is 11.2. The van der Waals surface area contributed by atoms with Crippen LogP contribution in [0, 0.1) is 0 Å². The summed E-state index contributed by atoms with van der Waals surface area (Å²) in [5.74, 6) is -3.16. The predicted molar refractivity (Wildman–Crippen MR) is 144 cm³/mol. The van der Waals surface area contributed by atoms with E-state index in [0.29, 0.717) is 0 Å². The topological polar surface area (TPSA) is 134 Å². The van der Waals surface area contributed by atoms with Crippen LogP contribution in [0.3, 0.4) is 0 Å². The molecule has 9 nitrogen and oxygen atoms in total. The van der Waals surface area contributed by atoms with E-state index < -0.39 is 30.3 Å². The molecule has 9 heteroatoms. The van der Waals surface area contributed by atoms with Crippen molar-refractivity contribution in [2.24, 2.45) is 0 Å². The number of phenols is 1. The van der Waals surface area contributed by atoms with Crippen molar-refractivity contribution < 1.29 is 39.2 Å². The van der Waals surface area contributed by atoms with Crippen molar-refractivity contribution in [3.63, 3.8) is 0 Å². The quantitative estimate of drug-likeness (QED) is 0.255. The number of carbonyl (C=O) groups is 3. The van der Waals surface area contributed by atoms with Crippen molar-refractivity contribution in [1.82, 2.24) is 4.90 Å². The van der Waals surface area contributed by atoms with Crippen LogP contribution < -0.4 is 9.47 Å². The lowest BCUT2D eigenvalue weighted by atomic mass is 10.1. The number of carbonyl (C=O) groups excluding carboxylic acids is 1. The van der Waals surface area contributed by atoms with Crippen molar-refractivity contribution in [1.29, 1.82) is 0 Å². The Labute approximate surface area is 224 Å². The molecule has 2 rings (SSSR count). The molecule has 0 radical (unpaired) electrons. The summed E-state index contributed by atoms with van der Waals surface area (Å²) in [5.41, 5.74) is 4.14. The summed E-state index contributed by atoms with van der Waals surface area (Å²) in [6.45, 7) is 8.34. The minimum Gasteiger partial charge on any atom is -0.504 e. The van der Waals surface area contributed by atoms with Gasteiger partial charge in [0, 0.05) is 12.0 Å². The third kappa shape index (κ3) is 8.39. The SMILES string of the molecule is COc1cc2c(c(O)c1OCC=C(C)CCC=C(C)CCC=C(C)C)CN(C(CCC(=O)O)C(=O)O)C2=O. The van der Waals surface area contributed by atoms with Crippen molar-refractivity contribution >= 4 is 17.8 Å². The van der Waals surface area contributed by atoms with Gasteiger partial charge in [0.15, 0.2) is 11.5 Å². The highest BCUT2D eigenvalue weighted by atomic mass is 16.5. The molecular weight excluding hydrogens is 490 g/mol. The summed E-state index contributed by atoms with van der Waals surface area (Å²) in [7, 11) is 1.38. The Hall–Kier alpha value is -3.75. The monoisotopic (exact) mass is 529 g/mol. The standard InChI is InChI=1S/C29H39NO8/c1-18(2)8-6-9-19(3)10-7-11-20(4)14-15-38-27-24(37-5)16-21-22(26(27)33)17-30(28(21)34)23(29(35)36)12-13-25(31)32/h8,10,14,16,23,33H,6-7,9,11-13,15,17H2,1-5H3,(H,31,32)(H,35,36). The number of allylic oxidation sites excluding steroid dienone is 5.